The Morgan fingerprint density at radius 3 is 2.58 bits per heavy atom. The Labute approximate surface area is 114 Å². The zero-order chi connectivity index (χ0) is 14.6. The van der Waals surface area contributed by atoms with Crippen LogP contribution in [0.3, 0.4) is 0 Å². The number of amides is 2. The SMILES string of the molecule is CCCC(C)(NC(=O)N(C)C1CCOC1C)C(=O)O. The third-order valence-corrected chi connectivity index (χ3v) is 3.76. The molecule has 3 atom stereocenters. The van der Waals surface area contributed by atoms with Crippen LogP contribution in [0.15, 0.2) is 0 Å². The molecule has 2 N–H and O–H groups in total. The van der Waals surface area contributed by atoms with E-state index in [1.165, 1.54) is 0 Å². The molecule has 1 fully saturated rings. The van der Waals surface area contributed by atoms with E-state index in [0.29, 0.717) is 19.4 Å². The van der Waals surface area contributed by atoms with Gasteiger partial charge in [-0.2, -0.15) is 0 Å². The summed E-state index contributed by atoms with van der Waals surface area (Å²) in [7, 11) is 1.68. The molecule has 1 saturated heterocycles. The lowest BCUT2D eigenvalue weighted by atomic mass is 9.96. The van der Waals surface area contributed by atoms with Crippen LogP contribution in [0.2, 0.25) is 0 Å². The fourth-order valence-corrected chi connectivity index (χ4v) is 2.43. The van der Waals surface area contributed by atoms with Gasteiger partial charge in [-0.1, -0.05) is 13.3 Å². The van der Waals surface area contributed by atoms with Gasteiger partial charge in [-0.15, -0.1) is 0 Å². The summed E-state index contributed by atoms with van der Waals surface area (Å²) in [6.07, 6.45) is 1.86. The lowest BCUT2D eigenvalue weighted by Gasteiger charge is -2.32. The monoisotopic (exact) mass is 272 g/mol. The Balaban J connectivity index is 2.69. The Bertz CT molecular complexity index is 348. The number of aliphatic carboxylic acids is 1. The predicted molar refractivity (Wildman–Crippen MR) is 71.1 cm³/mol. The highest BCUT2D eigenvalue weighted by Crippen LogP contribution is 2.19. The van der Waals surface area contributed by atoms with E-state index < -0.39 is 11.5 Å². The third-order valence-electron chi connectivity index (χ3n) is 3.76. The summed E-state index contributed by atoms with van der Waals surface area (Å²) < 4.78 is 5.42. The molecule has 1 rings (SSSR count). The molecule has 0 saturated carbocycles. The number of carbonyl (C=O) groups is 2. The van der Waals surface area contributed by atoms with E-state index in [-0.39, 0.29) is 18.2 Å². The number of carboxylic acid groups (broad SMARTS) is 1. The van der Waals surface area contributed by atoms with Gasteiger partial charge in [0.2, 0.25) is 0 Å². The number of rotatable bonds is 5. The molecule has 19 heavy (non-hydrogen) atoms. The molecule has 0 aromatic heterocycles. The maximum atomic E-state index is 12.2. The van der Waals surface area contributed by atoms with E-state index in [1.54, 1.807) is 18.9 Å². The molecule has 6 heteroatoms. The van der Waals surface area contributed by atoms with Crippen molar-refractivity contribution < 1.29 is 19.4 Å². The summed E-state index contributed by atoms with van der Waals surface area (Å²) in [6, 6.07) is -0.361. The first-order chi connectivity index (χ1) is 8.81. The number of urea groups is 1. The molecule has 0 spiro atoms. The third kappa shape index (κ3) is 3.59. The van der Waals surface area contributed by atoms with Crippen molar-refractivity contribution in [2.45, 2.75) is 57.7 Å². The molecule has 0 aromatic rings. The Hall–Kier alpha value is -1.30. The van der Waals surface area contributed by atoms with Crippen molar-refractivity contribution in [3.05, 3.63) is 0 Å². The average Bonchev–Trinajstić information content (AvgIpc) is 2.74. The highest BCUT2D eigenvalue weighted by atomic mass is 16.5. The van der Waals surface area contributed by atoms with Gasteiger partial charge in [0.05, 0.1) is 12.1 Å². The molecule has 3 unspecified atom stereocenters. The molecule has 1 aliphatic heterocycles. The highest BCUT2D eigenvalue weighted by molar-refractivity contribution is 5.85. The molecular weight excluding hydrogens is 248 g/mol. The maximum absolute atomic E-state index is 12.2. The van der Waals surface area contributed by atoms with Gasteiger partial charge in [0, 0.05) is 13.7 Å². The number of nitrogens with one attached hydrogen (secondary N) is 1. The number of ether oxygens (including phenoxy) is 1. The van der Waals surface area contributed by atoms with Gasteiger partial charge in [0.15, 0.2) is 0 Å². The van der Waals surface area contributed by atoms with E-state index in [0.717, 1.165) is 6.42 Å². The molecule has 2 amide bonds. The smallest absolute Gasteiger partial charge is 0.329 e. The van der Waals surface area contributed by atoms with Gasteiger partial charge in [-0.25, -0.2) is 9.59 Å². The van der Waals surface area contributed by atoms with Gasteiger partial charge in [0.25, 0.3) is 0 Å². The second-order valence-electron chi connectivity index (χ2n) is 5.36. The van der Waals surface area contributed by atoms with Crippen molar-refractivity contribution in [1.82, 2.24) is 10.2 Å². The zero-order valence-electron chi connectivity index (χ0n) is 12.1. The summed E-state index contributed by atoms with van der Waals surface area (Å²) in [5, 5.41) is 11.9. The van der Waals surface area contributed by atoms with E-state index >= 15 is 0 Å². The topological polar surface area (TPSA) is 78.9 Å². The number of hydrogen-bond donors (Lipinski definition) is 2. The molecule has 0 aromatic carbocycles. The molecular formula is C13H24N2O4. The van der Waals surface area contributed by atoms with Crippen molar-refractivity contribution in [3.63, 3.8) is 0 Å². The summed E-state index contributed by atoms with van der Waals surface area (Å²) >= 11 is 0. The van der Waals surface area contributed by atoms with E-state index in [4.69, 9.17) is 4.74 Å². The first kappa shape index (κ1) is 15.8. The lowest BCUT2D eigenvalue weighted by molar-refractivity contribution is -0.144. The average molecular weight is 272 g/mol. The molecule has 6 nitrogen and oxygen atoms in total. The minimum Gasteiger partial charge on any atom is -0.480 e. The number of likely N-dealkylation sites (N-methyl/N-ethyl adjacent to an activating group) is 1. The van der Waals surface area contributed by atoms with Crippen molar-refractivity contribution in [2.75, 3.05) is 13.7 Å². The zero-order valence-corrected chi connectivity index (χ0v) is 12.1. The van der Waals surface area contributed by atoms with Gasteiger partial charge < -0.3 is 20.1 Å². The van der Waals surface area contributed by atoms with Gasteiger partial charge in [-0.3, -0.25) is 0 Å². The minimum atomic E-state index is -1.22. The Morgan fingerprint density at radius 2 is 2.16 bits per heavy atom. The van der Waals surface area contributed by atoms with Crippen LogP contribution in [-0.4, -0.2) is 53.3 Å². The number of nitrogens with zero attached hydrogens (tertiary/aromatic N) is 1. The summed E-state index contributed by atoms with van der Waals surface area (Å²) in [6.45, 7) is 5.99. The van der Waals surface area contributed by atoms with Crippen LogP contribution >= 0.6 is 0 Å². The van der Waals surface area contributed by atoms with Crippen molar-refractivity contribution >= 4 is 12.0 Å². The van der Waals surface area contributed by atoms with Gasteiger partial charge in [-0.05, 0) is 26.7 Å². The number of carbonyl (C=O) groups excluding carboxylic acids is 1. The fourth-order valence-electron chi connectivity index (χ4n) is 2.43. The molecule has 1 aliphatic rings. The van der Waals surface area contributed by atoms with Crippen LogP contribution in [0.4, 0.5) is 4.79 Å². The van der Waals surface area contributed by atoms with E-state index in [2.05, 4.69) is 5.32 Å². The van der Waals surface area contributed by atoms with Crippen LogP contribution in [-0.2, 0) is 9.53 Å². The predicted octanol–water partition coefficient (Wildman–Crippen LogP) is 1.45. The van der Waals surface area contributed by atoms with Crippen LogP contribution in [0.1, 0.15) is 40.0 Å². The molecule has 110 valence electrons. The fraction of sp³-hybridized carbons (Fsp3) is 0.846. The van der Waals surface area contributed by atoms with Crippen LogP contribution in [0, 0.1) is 0 Å². The minimum absolute atomic E-state index is 0.000304. The summed E-state index contributed by atoms with van der Waals surface area (Å²) in [5.74, 6) is -1.01. The second-order valence-corrected chi connectivity index (χ2v) is 5.36. The normalized spacial score (nSPS) is 25.7. The van der Waals surface area contributed by atoms with Gasteiger partial charge >= 0.3 is 12.0 Å². The highest BCUT2D eigenvalue weighted by Gasteiger charge is 2.37. The maximum Gasteiger partial charge on any atom is 0.329 e. The van der Waals surface area contributed by atoms with Crippen molar-refractivity contribution in [3.8, 4) is 0 Å². The van der Waals surface area contributed by atoms with Crippen LogP contribution < -0.4 is 5.32 Å². The number of hydrogen-bond acceptors (Lipinski definition) is 3. The summed E-state index contributed by atoms with van der Waals surface area (Å²) in [4.78, 5) is 25.0. The van der Waals surface area contributed by atoms with Crippen LogP contribution in [0.5, 0.6) is 0 Å². The summed E-state index contributed by atoms with van der Waals surface area (Å²) in [5.41, 5.74) is -1.22. The van der Waals surface area contributed by atoms with Crippen molar-refractivity contribution in [1.29, 1.82) is 0 Å². The van der Waals surface area contributed by atoms with Crippen molar-refractivity contribution in [2.24, 2.45) is 0 Å². The quantitative estimate of drug-likeness (QED) is 0.794. The molecule has 0 bridgehead atoms. The molecule has 0 radical (unpaired) electrons. The first-order valence-electron chi connectivity index (χ1n) is 6.71. The van der Waals surface area contributed by atoms with Gasteiger partial charge in [0.1, 0.15) is 5.54 Å². The van der Waals surface area contributed by atoms with Crippen LogP contribution in [0.25, 0.3) is 0 Å². The van der Waals surface area contributed by atoms with E-state index in [9.17, 15) is 14.7 Å². The largest absolute Gasteiger partial charge is 0.480 e. The molecule has 1 heterocycles. The first-order valence-corrected chi connectivity index (χ1v) is 6.71. The number of carboxylic acids is 1. The standard InChI is InChI=1S/C13H24N2O4/c1-5-7-13(3,11(16)17)14-12(18)15(4)10-6-8-19-9(10)2/h9-10H,5-8H2,1-4H3,(H,14,18)(H,16,17). The molecule has 0 aliphatic carbocycles. The Kier molecular flexibility index (Phi) is 5.17. The second kappa shape index (κ2) is 6.23. The Morgan fingerprint density at radius 1 is 1.53 bits per heavy atom. The lowest BCUT2D eigenvalue weighted by Crippen LogP contribution is -2.57. The van der Waals surface area contributed by atoms with E-state index in [1.807, 2.05) is 13.8 Å².